The maximum absolute atomic E-state index is 13.3. The number of carboxylic acid groups (broad SMARTS) is 1. The average molecular weight is 337 g/mol. The molecular formula is C19H16FN3O2. The largest absolute Gasteiger partial charge is 0.478 e. The zero-order chi connectivity index (χ0) is 17.4. The van der Waals surface area contributed by atoms with Gasteiger partial charge in [0, 0.05) is 18.3 Å². The normalized spacial score (nSPS) is 13.8. The van der Waals surface area contributed by atoms with E-state index in [1.807, 2.05) is 0 Å². The third kappa shape index (κ3) is 3.15. The molecule has 3 aromatic rings. The molecule has 1 fully saturated rings. The molecule has 1 saturated carbocycles. The van der Waals surface area contributed by atoms with Gasteiger partial charge in [-0.25, -0.2) is 14.2 Å². The molecule has 0 atom stereocenters. The monoisotopic (exact) mass is 337 g/mol. The number of benzene rings is 1. The summed E-state index contributed by atoms with van der Waals surface area (Å²) in [7, 11) is 0. The highest BCUT2D eigenvalue weighted by Gasteiger charge is 2.25. The summed E-state index contributed by atoms with van der Waals surface area (Å²) in [5.41, 5.74) is 2.93. The standard InChI is InChI=1S/C19H16FN3O2/c20-15-5-3-13(4-6-15)18-17(22-11-23(18)10-12-1-2-12)16-9-14(19(24)25)7-8-21-16/h3-9,11-12H,1-2,10H2,(H,24,25). The number of rotatable bonds is 5. The smallest absolute Gasteiger partial charge is 0.335 e. The number of nitrogens with zero attached hydrogens (tertiary/aromatic N) is 3. The molecule has 0 aliphatic heterocycles. The Balaban J connectivity index is 1.84. The van der Waals surface area contributed by atoms with E-state index in [2.05, 4.69) is 14.5 Å². The summed E-state index contributed by atoms with van der Waals surface area (Å²) < 4.78 is 15.4. The molecule has 0 unspecified atom stereocenters. The molecule has 1 aromatic carbocycles. The van der Waals surface area contributed by atoms with Gasteiger partial charge in [-0.15, -0.1) is 0 Å². The second-order valence-corrected chi connectivity index (χ2v) is 6.28. The molecule has 1 aliphatic carbocycles. The molecule has 6 heteroatoms. The Morgan fingerprint density at radius 3 is 2.64 bits per heavy atom. The average Bonchev–Trinajstić information content (AvgIpc) is 3.33. The summed E-state index contributed by atoms with van der Waals surface area (Å²) in [4.78, 5) is 20.0. The van der Waals surface area contributed by atoms with Gasteiger partial charge in [-0.2, -0.15) is 0 Å². The van der Waals surface area contributed by atoms with Gasteiger partial charge in [0.25, 0.3) is 0 Å². The summed E-state index contributed by atoms with van der Waals surface area (Å²) in [6.45, 7) is 0.846. The van der Waals surface area contributed by atoms with Crippen molar-refractivity contribution >= 4 is 5.97 Å². The van der Waals surface area contributed by atoms with Crippen LogP contribution in [0, 0.1) is 11.7 Å². The lowest BCUT2D eigenvalue weighted by Gasteiger charge is -2.10. The number of imidazole rings is 1. The number of halogens is 1. The Kier molecular flexibility index (Phi) is 3.80. The minimum atomic E-state index is -1.01. The maximum Gasteiger partial charge on any atom is 0.335 e. The fourth-order valence-electron chi connectivity index (χ4n) is 2.89. The van der Waals surface area contributed by atoms with E-state index in [0.29, 0.717) is 17.3 Å². The van der Waals surface area contributed by atoms with E-state index in [1.165, 1.54) is 43.3 Å². The third-order valence-electron chi connectivity index (χ3n) is 4.36. The van der Waals surface area contributed by atoms with Crippen molar-refractivity contribution in [1.29, 1.82) is 0 Å². The predicted molar refractivity (Wildman–Crippen MR) is 90.5 cm³/mol. The summed E-state index contributed by atoms with van der Waals surface area (Å²) in [6.07, 6.45) is 5.61. The van der Waals surface area contributed by atoms with E-state index >= 15 is 0 Å². The molecule has 1 N–H and O–H groups in total. The Morgan fingerprint density at radius 2 is 1.96 bits per heavy atom. The van der Waals surface area contributed by atoms with Gasteiger partial charge < -0.3 is 9.67 Å². The van der Waals surface area contributed by atoms with Gasteiger partial charge in [-0.1, -0.05) is 0 Å². The molecule has 0 spiro atoms. The van der Waals surface area contributed by atoms with Crippen LogP contribution in [-0.4, -0.2) is 25.6 Å². The fourth-order valence-corrected chi connectivity index (χ4v) is 2.89. The number of pyridine rings is 1. The van der Waals surface area contributed by atoms with Crippen LogP contribution in [0.4, 0.5) is 4.39 Å². The summed E-state index contributed by atoms with van der Waals surface area (Å²) >= 11 is 0. The lowest BCUT2D eigenvalue weighted by Crippen LogP contribution is -2.02. The number of aromatic nitrogens is 3. The van der Waals surface area contributed by atoms with Crippen LogP contribution < -0.4 is 0 Å². The van der Waals surface area contributed by atoms with Crippen LogP contribution in [0.1, 0.15) is 23.2 Å². The highest BCUT2D eigenvalue weighted by molar-refractivity contribution is 5.89. The highest BCUT2D eigenvalue weighted by Crippen LogP contribution is 2.35. The van der Waals surface area contributed by atoms with E-state index in [1.54, 1.807) is 18.5 Å². The number of hydrogen-bond acceptors (Lipinski definition) is 3. The molecule has 0 saturated heterocycles. The van der Waals surface area contributed by atoms with Gasteiger partial charge in [0.1, 0.15) is 11.5 Å². The van der Waals surface area contributed by atoms with Crippen molar-refractivity contribution in [3.8, 4) is 22.6 Å². The molecule has 5 nitrogen and oxygen atoms in total. The number of carbonyl (C=O) groups is 1. The van der Waals surface area contributed by atoms with Crippen molar-refractivity contribution in [2.24, 2.45) is 5.92 Å². The van der Waals surface area contributed by atoms with Crippen LogP contribution in [-0.2, 0) is 6.54 Å². The first-order valence-corrected chi connectivity index (χ1v) is 8.12. The molecule has 126 valence electrons. The Labute approximate surface area is 143 Å². The zero-order valence-electron chi connectivity index (χ0n) is 13.4. The second-order valence-electron chi connectivity index (χ2n) is 6.28. The number of hydrogen-bond donors (Lipinski definition) is 1. The molecule has 2 aromatic heterocycles. The van der Waals surface area contributed by atoms with E-state index in [9.17, 15) is 14.3 Å². The van der Waals surface area contributed by atoms with Crippen LogP contribution in [0.5, 0.6) is 0 Å². The van der Waals surface area contributed by atoms with Gasteiger partial charge in [0.2, 0.25) is 0 Å². The van der Waals surface area contributed by atoms with Crippen LogP contribution >= 0.6 is 0 Å². The molecule has 4 rings (SSSR count). The lowest BCUT2D eigenvalue weighted by molar-refractivity contribution is 0.0697. The molecule has 1 aliphatic rings. The maximum atomic E-state index is 13.3. The first-order chi connectivity index (χ1) is 12.1. The van der Waals surface area contributed by atoms with Gasteiger partial charge in [-0.05, 0) is 55.2 Å². The molecule has 25 heavy (non-hydrogen) atoms. The first-order valence-electron chi connectivity index (χ1n) is 8.12. The quantitative estimate of drug-likeness (QED) is 0.767. The fraction of sp³-hybridized carbons (Fsp3) is 0.211. The Bertz CT molecular complexity index is 930. The van der Waals surface area contributed by atoms with Gasteiger partial charge in [-0.3, -0.25) is 4.98 Å². The van der Waals surface area contributed by atoms with Crippen molar-refractivity contribution in [3.63, 3.8) is 0 Å². The summed E-state index contributed by atoms with van der Waals surface area (Å²) in [5.74, 6) is -0.673. The van der Waals surface area contributed by atoms with Crippen molar-refractivity contribution in [1.82, 2.24) is 14.5 Å². The highest BCUT2D eigenvalue weighted by atomic mass is 19.1. The summed E-state index contributed by atoms with van der Waals surface area (Å²) in [5, 5.41) is 9.21. The lowest BCUT2D eigenvalue weighted by atomic mass is 10.1. The topological polar surface area (TPSA) is 68.0 Å². The van der Waals surface area contributed by atoms with Crippen molar-refractivity contribution < 1.29 is 14.3 Å². The van der Waals surface area contributed by atoms with Crippen LogP contribution in [0.3, 0.4) is 0 Å². The van der Waals surface area contributed by atoms with E-state index in [-0.39, 0.29) is 11.4 Å². The molecule has 0 radical (unpaired) electrons. The Morgan fingerprint density at radius 1 is 1.20 bits per heavy atom. The van der Waals surface area contributed by atoms with E-state index in [0.717, 1.165) is 17.8 Å². The first kappa shape index (κ1) is 15.5. The van der Waals surface area contributed by atoms with Gasteiger partial charge in [0.05, 0.1) is 23.3 Å². The molecule has 0 bridgehead atoms. The van der Waals surface area contributed by atoms with E-state index in [4.69, 9.17) is 0 Å². The van der Waals surface area contributed by atoms with Crippen molar-refractivity contribution in [2.75, 3.05) is 0 Å². The molecular weight excluding hydrogens is 321 g/mol. The minimum Gasteiger partial charge on any atom is -0.478 e. The number of aromatic carboxylic acids is 1. The predicted octanol–water partition coefficient (Wildman–Crippen LogP) is 3.86. The van der Waals surface area contributed by atoms with Gasteiger partial charge in [0.15, 0.2) is 0 Å². The summed E-state index contributed by atoms with van der Waals surface area (Å²) in [6, 6.07) is 9.20. The minimum absolute atomic E-state index is 0.159. The third-order valence-corrected chi connectivity index (χ3v) is 4.36. The second kappa shape index (κ2) is 6.12. The van der Waals surface area contributed by atoms with Crippen molar-refractivity contribution in [2.45, 2.75) is 19.4 Å². The van der Waals surface area contributed by atoms with Crippen LogP contribution in [0.2, 0.25) is 0 Å². The Hall–Kier alpha value is -3.02. The SMILES string of the molecule is O=C(O)c1ccnc(-c2ncn(CC3CC3)c2-c2ccc(F)cc2)c1. The number of carboxylic acids is 1. The van der Waals surface area contributed by atoms with Crippen LogP contribution in [0.15, 0.2) is 48.9 Å². The van der Waals surface area contributed by atoms with Gasteiger partial charge >= 0.3 is 5.97 Å². The zero-order valence-corrected chi connectivity index (χ0v) is 13.4. The molecule has 2 heterocycles. The molecule has 0 amide bonds. The van der Waals surface area contributed by atoms with E-state index < -0.39 is 5.97 Å². The van der Waals surface area contributed by atoms with Crippen molar-refractivity contribution in [3.05, 3.63) is 60.3 Å². The van der Waals surface area contributed by atoms with Crippen LogP contribution in [0.25, 0.3) is 22.6 Å².